The number of aliphatic hydroxyl groups is 1. The first kappa shape index (κ1) is 26.5. The minimum Gasteiger partial charge on any atom is -0.396 e. The van der Waals surface area contributed by atoms with Crippen LogP contribution < -0.4 is 10.6 Å². The van der Waals surface area contributed by atoms with Crippen molar-refractivity contribution in [3.8, 4) is 0 Å². The van der Waals surface area contributed by atoms with Crippen LogP contribution in [-0.4, -0.2) is 61.7 Å². The largest absolute Gasteiger partial charge is 0.396 e. The number of carbonyl (C=O) groups excluding carboxylic acids is 3. The van der Waals surface area contributed by atoms with Crippen LogP contribution in [0.3, 0.4) is 0 Å². The molecule has 2 aromatic carbocycles. The number of hydrogen-bond acceptors (Lipinski definition) is 5. The van der Waals surface area contributed by atoms with Gasteiger partial charge in [-0.05, 0) is 49.9 Å². The smallest absolute Gasteiger partial charge is 0.248 e. The summed E-state index contributed by atoms with van der Waals surface area (Å²) in [5.74, 6) is -1.86. The van der Waals surface area contributed by atoms with Crippen LogP contribution >= 0.6 is 39.3 Å². The molecule has 196 valence electrons. The molecule has 0 aromatic heterocycles. The van der Waals surface area contributed by atoms with E-state index in [0.717, 1.165) is 5.56 Å². The number of amides is 3. The zero-order valence-electron chi connectivity index (χ0n) is 20.3. The van der Waals surface area contributed by atoms with Gasteiger partial charge in [-0.25, -0.2) is 0 Å². The molecule has 0 aliphatic carbocycles. The molecule has 2 bridgehead atoms. The number of unbranched alkanes of at least 4 members (excludes halogenated alkanes) is 1. The average molecular weight is 607 g/mol. The van der Waals surface area contributed by atoms with Crippen LogP contribution in [0.25, 0.3) is 0 Å². The lowest BCUT2D eigenvalue weighted by Gasteiger charge is -2.35. The third-order valence-corrected chi connectivity index (χ3v) is 11.2. The standard InChI is InChI=1S/C27H29BrClN3O4S/c1-15-8-7-11-18(29)21(15)31-25(35)23-27-14-17(28)22(37-27)19(24(34)30-16-9-3-2-4-10-16)20(27)26(36)32(23)12-5-6-13-33/h2-4,7-11,17,19-20,22-23,33H,5-6,12-14H2,1H3,(H,30,34)(H,31,35)/t17?,19-,20-,22-,23?,27?/m0/s1. The normalized spacial score (nSPS) is 29.9. The minimum absolute atomic E-state index is 0.00862. The van der Waals surface area contributed by atoms with Gasteiger partial charge < -0.3 is 20.6 Å². The Hall–Kier alpha value is -2.07. The summed E-state index contributed by atoms with van der Waals surface area (Å²) in [4.78, 5) is 43.2. The Morgan fingerprint density at radius 2 is 1.89 bits per heavy atom. The maximum atomic E-state index is 14.0. The van der Waals surface area contributed by atoms with E-state index in [2.05, 4.69) is 26.6 Å². The van der Waals surface area contributed by atoms with Gasteiger partial charge in [0.05, 0.1) is 27.3 Å². The predicted molar refractivity (Wildman–Crippen MR) is 150 cm³/mol. The summed E-state index contributed by atoms with van der Waals surface area (Å²) in [7, 11) is 0. The van der Waals surface area contributed by atoms with Gasteiger partial charge in [-0.3, -0.25) is 14.4 Å². The Kier molecular flexibility index (Phi) is 7.60. The molecule has 0 radical (unpaired) electrons. The Morgan fingerprint density at radius 3 is 2.59 bits per heavy atom. The number of benzene rings is 2. The number of aliphatic hydroxyl groups excluding tert-OH is 1. The number of nitrogens with one attached hydrogen (secondary N) is 2. The topological polar surface area (TPSA) is 98.7 Å². The molecule has 3 heterocycles. The van der Waals surface area contributed by atoms with Gasteiger partial charge in [0.25, 0.3) is 0 Å². The number of carbonyl (C=O) groups is 3. The van der Waals surface area contributed by atoms with Crippen molar-refractivity contribution in [2.75, 3.05) is 23.8 Å². The van der Waals surface area contributed by atoms with E-state index in [4.69, 9.17) is 11.6 Å². The third kappa shape index (κ3) is 4.58. The van der Waals surface area contributed by atoms with Crippen LogP contribution in [0.1, 0.15) is 24.8 Å². The lowest BCUT2D eigenvalue weighted by molar-refractivity contribution is -0.138. The Labute approximate surface area is 233 Å². The van der Waals surface area contributed by atoms with Crippen LogP contribution in [0, 0.1) is 18.8 Å². The SMILES string of the molecule is Cc1cccc(Cl)c1NC(=O)C1N(CCCCO)C(=O)[C@@H]2[C@H](C(=O)Nc3ccccc3)[C@H]3SC12CC3Br. The van der Waals surface area contributed by atoms with E-state index in [9.17, 15) is 19.5 Å². The first-order valence-corrected chi connectivity index (χ1v) is 14.6. The maximum Gasteiger partial charge on any atom is 0.248 e. The second-order valence-corrected chi connectivity index (χ2v) is 13.0. The Morgan fingerprint density at radius 1 is 1.14 bits per heavy atom. The van der Waals surface area contributed by atoms with Gasteiger partial charge in [0.1, 0.15) is 6.04 Å². The highest BCUT2D eigenvalue weighted by molar-refractivity contribution is 9.09. The highest BCUT2D eigenvalue weighted by Gasteiger charge is 2.75. The van der Waals surface area contributed by atoms with Gasteiger partial charge in [-0.2, -0.15) is 0 Å². The molecule has 3 saturated heterocycles. The van der Waals surface area contributed by atoms with E-state index in [1.54, 1.807) is 22.7 Å². The van der Waals surface area contributed by atoms with Crippen molar-refractivity contribution in [1.82, 2.24) is 4.90 Å². The molecule has 3 aliphatic heterocycles. The van der Waals surface area contributed by atoms with Crippen LogP contribution in [0.5, 0.6) is 0 Å². The number of nitrogens with zero attached hydrogens (tertiary/aromatic N) is 1. The Bertz CT molecular complexity index is 1200. The zero-order chi connectivity index (χ0) is 26.3. The number of para-hydroxylation sites is 2. The number of alkyl halides is 1. The van der Waals surface area contributed by atoms with E-state index in [1.807, 2.05) is 49.4 Å². The fraction of sp³-hybridized carbons (Fsp3) is 0.444. The van der Waals surface area contributed by atoms with Crippen molar-refractivity contribution in [2.45, 2.75) is 47.1 Å². The molecule has 3 N–H and O–H groups in total. The van der Waals surface area contributed by atoms with Crippen molar-refractivity contribution < 1.29 is 19.5 Å². The van der Waals surface area contributed by atoms with E-state index < -0.39 is 22.6 Å². The number of rotatable bonds is 8. The fourth-order valence-electron chi connectivity index (χ4n) is 6.09. The molecule has 7 nitrogen and oxygen atoms in total. The number of aryl methyl sites for hydroxylation is 1. The molecule has 3 unspecified atom stereocenters. The predicted octanol–water partition coefficient (Wildman–Crippen LogP) is 4.46. The number of anilines is 2. The summed E-state index contributed by atoms with van der Waals surface area (Å²) < 4.78 is -0.743. The molecular weight excluding hydrogens is 578 g/mol. The first-order valence-electron chi connectivity index (χ1n) is 12.4. The average Bonchev–Trinajstić information content (AvgIpc) is 3.46. The highest BCUT2D eigenvalue weighted by Crippen LogP contribution is 2.67. The molecule has 3 aliphatic rings. The van der Waals surface area contributed by atoms with Crippen LogP contribution in [0.2, 0.25) is 5.02 Å². The third-order valence-electron chi connectivity index (χ3n) is 7.66. The second kappa shape index (κ2) is 10.6. The molecule has 3 fully saturated rings. The quantitative estimate of drug-likeness (QED) is 0.305. The van der Waals surface area contributed by atoms with E-state index in [0.29, 0.717) is 42.2 Å². The van der Waals surface area contributed by atoms with Crippen molar-refractivity contribution in [3.63, 3.8) is 0 Å². The van der Waals surface area contributed by atoms with E-state index >= 15 is 0 Å². The minimum atomic E-state index is -0.760. The summed E-state index contributed by atoms with van der Waals surface area (Å²) in [6, 6.07) is 13.9. The number of hydrogen-bond donors (Lipinski definition) is 3. The van der Waals surface area contributed by atoms with Crippen molar-refractivity contribution >= 4 is 68.4 Å². The van der Waals surface area contributed by atoms with E-state index in [-0.39, 0.29) is 34.4 Å². The molecule has 3 amide bonds. The van der Waals surface area contributed by atoms with Crippen molar-refractivity contribution in [1.29, 1.82) is 0 Å². The number of halogens is 2. The van der Waals surface area contributed by atoms with Gasteiger partial charge in [0, 0.05) is 28.9 Å². The number of thioether (sulfide) groups is 1. The van der Waals surface area contributed by atoms with Gasteiger partial charge in [0.2, 0.25) is 17.7 Å². The summed E-state index contributed by atoms with van der Waals surface area (Å²) >= 11 is 11.8. The van der Waals surface area contributed by atoms with Gasteiger partial charge in [0.15, 0.2) is 0 Å². The summed E-state index contributed by atoms with van der Waals surface area (Å²) in [5, 5.41) is 15.6. The lowest BCUT2D eigenvalue weighted by Crippen LogP contribution is -2.52. The molecule has 2 aromatic rings. The van der Waals surface area contributed by atoms with Crippen LogP contribution in [0.15, 0.2) is 48.5 Å². The number of likely N-dealkylation sites (tertiary alicyclic amines) is 1. The van der Waals surface area contributed by atoms with Crippen LogP contribution in [-0.2, 0) is 14.4 Å². The molecule has 10 heteroatoms. The zero-order valence-corrected chi connectivity index (χ0v) is 23.5. The van der Waals surface area contributed by atoms with Gasteiger partial charge in [-0.15, -0.1) is 11.8 Å². The fourth-order valence-corrected chi connectivity index (χ4v) is 9.98. The summed E-state index contributed by atoms with van der Waals surface area (Å²) in [6.45, 7) is 2.22. The Balaban J connectivity index is 1.50. The summed E-state index contributed by atoms with van der Waals surface area (Å²) in [6.07, 6.45) is 1.69. The van der Waals surface area contributed by atoms with Crippen molar-refractivity contribution in [3.05, 3.63) is 59.1 Å². The highest BCUT2D eigenvalue weighted by atomic mass is 79.9. The maximum absolute atomic E-state index is 14.0. The van der Waals surface area contributed by atoms with Gasteiger partial charge >= 0.3 is 0 Å². The first-order chi connectivity index (χ1) is 17.8. The van der Waals surface area contributed by atoms with Gasteiger partial charge in [-0.1, -0.05) is 57.9 Å². The second-order valence-electron chi connectivity index (χ2n) is 9.90. The van der Waals surface area contributed by atoms with Crippen LogP contribution in [0.4, 0.5) is 11.4 Å². The molecule has 5 rings (SSSR count). The monoisotopic (exact) mass is 605 g/mol. The lowest BCUT2D eigenvalue weighted by atomic mass is 9.70. The molecule has 0 saturated carbocycles. The molecule has 6 atom stereocenters. The summed E-state index contributed by atoms with van der Waals surface area (Å²) in [5.41, 5.74) is 2.03. The van der Waals surface area contributed by atoms with Crippen molar-refractivity contribution in [2.24, 2.45) is 11.8 Å². The van der Waals surface area contributed by atoms with E-state index in [1.165, 1.54) is 0 Å². The molecule has 37 heavy (non-hydrogen) atoms. The molecular formula is C27H29BrClN3O4S. The number of fused-ring (bicyclic) bond motifs is 1. The molecule has 1 spiro atoms.